The molecule has 0 aliphatic heterocycles. The first-order valence-corrected chi connectivity index (χ1v) is 8.65. The number of amides is 1. The van der Waals surface area contributed by atoms with Crippen molar-refractivity contribution < 1.29 is 24.2 Å². The third-order valence-corrected chi connectivity index (χ3v) is 5.37. The number of rotatable bonds is 9. The van der Waals surface area contributed by atoms with Crippen molar-refractivity contribution in [2.75, 3.05) is 20.8 Å². The number of aliphatic carboxylic acids is 1. The van der Waals surface area contributed by atoms with Crippen molar-refractivity contribution in [3.05, 3.63) is 23.8 Å². The van der Waals surface area contributed by atoms with Crippen LogP contribution >= 0.6 is 0 Å². The van der Waals surface area contributed by atoms with E-state index in [-0.39, 0.29) is 24.3 Å². The summed E-state index contributed by atoms with van der Waals surface area (Å²) in [6.45, 7) is 3.84. The molecular formula is C19H27NO5. The second kappa shape index (κ2) is 7.76. The van der Waals surface area contributed by atoms with Crippen LogP contribution in [-0.2, 0) is 9.59 Å². The molecule has 2 atom stereocenters. The SMILES string of the molecule is CCC(CC)(CNC(=O)C1CC1c1cc(OC)ccc1OC)C(=O)O. The average molecular weight is 349 g/mol. The fraction of sp³-hybridized carbons (Fsp3) is 0.579. The number of nitrogens with one attached hydrogen (secondary N) is 1. The van der Waals surface area contributed by atoms with Crippen molar-refractivity contribution in [2.45, 2.75) is 39.0 Å². The van der Waals surface area contributed by atoms with E-state index in [1.165, 1.54) is 0 Å². The van der Waals surface area contributed by atoms with Gasteiger partial charge in [-0.15, -0.1) is 0 Å². The second-order valence-electron chi connectivity index (χ2n) is 6.57. The van der Waals surface area contributed by atoms with Gasteiger partial charge in [-0.05, 0) is 37.5 Å². The van der Waals surface area contributed by atoms with E-state index in [1.54, 1.807) is 14.2 Å². The van der Waals surface area contributed by atoms with E-state index >= 15 is 0 Å². The summed E-state index contributed by atoms with van der Waals surface area (Å²) in [6.07, 6.45) is 1.70. The number of ether oxygens (including phenoxy) is 2. The van der Waals surface area contributed by atoms with Gasteiger partial charge < -0.3 is 19.9 Å². The van der Waals surface area contributed by atoms with Gasteiger partial charge in [-0.25, -0.2) is 0 Å². The van der Waals surface area contributed by atoms with Crippen molar-refractivity contribution in [1.82, 2.24) is 5.32 Å². The van der Waals surface area contributed by atoms with Gasteiger partial charge in [-0.1, -0.05) is 13.8 Å². The van der Waals surface area contributed by atoms with Crippen molar-refractivity contribution in [1.29, 1.82) is 0 Å². The minimum atomic E-state index is -0.895. The standard InChI is InChI=1S/C19H27NO5/c1-5-19(6-2,18(22)23)11-20-17(21)15-10-13(15)14-9-12(24-3)7-8-16(14)25-4/h7-9,13,15H,5-6,10-11H2,1-4H3,(H,20,21)(H,22,23). The van der Waals surface area contributed by atoms with Gasteiger partial charge in [0, 0.05) is 23.9 Å². The van der Waals surface area contributed by atoms with Crippen molar-refractivity contribution >= 4 is 11.9 Å². The Labute approximate surface area is 148 Å². The van der Waals surface area contributed by atoms with Crippen molar-refractivity contribution in [3.8, 4) is 11.5 Å². The Morgan fingerprint density at radius 3 is 2.44 bits per heavy atom. The number of methoxy groups -OCH3 is 2. The topological polar surface area (TPSA) is 84.9 Å². The van der Waals surface area contributed by atoms with Crippen LogP contribution < -0.4 is 14.8 Å². The fourth-order valence-corrected chi connectivity index (χ4v) is 3.22. The molecule has 0 heterocycles. The quantitative estimate of drug-likeness (QED) is 0.716. The molecule has 2 unspecified atom stereocenters. The first kappa shape index (κ1) is 19.1. The van der Waals surface area contributed by atoms with Crippen LogP contribution in [0.5, 0.6) is 11.5 Å². The number of carboxylic acids is 1. The van der Waals surface area contributed by atoms with Gasteiger partial charge in [-0.3, -0.25) is 9.59 Å². The number of hydrogen-bond donors (Lipinski definition) is 2. The Hall–Kier alpha value is -2.24. The number of carboxylic acid groups (broad SMARTS) is 1. The zero-order valence-corrected chi connectivity index (χ0v) is 15.3. The van der Waals surface area contributed by atoms with Crippen LogP contribution in [0, 0.1) is 11.3 Å². The molecule has 25 heavy (non-hydrogen) atoms. The lowest BCUT2D eigenvalue weighted by Crippen LogP contribution is -2.43. The van der Waals surface area contributed by atoms with Gasteiger partial charge in [0.05, 0.1) is 19.6 Å². The van der Waals surface area contributed by atoms with Gasteiger partial charge in [0.15, 0.2) is 0 Å². The van der Waals surface area contributed by atoms with Gasteiger partial charge in [0.2, 0.25) is 5.91 Å². The number of benzene rings is 1. The Morgan fingerprint density at radius 1 is 1.24 bits per heavy atom. The highest BCUT2D eigenvalue weighted by Gasteiger charge is 2.46. The van der Waals surface area contributed by atoms with Gasteiger partial charge >= 0.3 is 5.97 Å². The highest BCUT2D eigenvalue weighted by atomic mass is 16.5. The third-order valence-electron chi connectivity index (χ3n) is 5.37. The van der Waals surface area contributed by atoms with Crippen LogP contribution in [0.4, 0.5) is 0 Å². The van der Waals surface area contributed by atoms with E-state index in [0.717, 1.165) is 23.5 Å². The summed E-state index contributed by atoms with van der Waals surface area (Å²) < 4.78 is 10.6. The van der Waals surface area contributed by atoms with E-state index in [9.17, 15) is 14.7 Å². The van der Waals surface area contributed by atoms with Crippen molar-refractivity contribution in [3.63, 3.8) is 0 Å². The van der Waals surface area contributed by atoms with Crippen LogP contribution in [0.1, 0.15) is 44.6 Å². The largest absolute Gasteiger partial charge is 0.497 e. The Bertz CT molecular complexity index is 639. The predicted molar refractivity (Wildman–Crippen MR) is 94.1 cm³/mol. The van der Waals surface area contributed by atoms with E-state index in [0.29, 0.717) is 12.8 Å². The molecule has 138 valence electrons. The fourth-order valence-electron chi connectivity index (χ4n) is 3.22. The average Bonchev–Trinajstić information content (AvgIpc) is 3.42. The number of hydrogen-bond acceptors (Lipinski definition) is 4. The maximum Gasteiger partial charge on any atom is 0.311 e. The molecule has 1 fully saturated rings. The molecule has 0 spiro atoms. The van der Waals surface area contributed by atoms with Gasteiger partial charge in [0.1, 0.15) is 11.5 Å². The molecule has 1 aliphatic carbocycles. The summed E-state index contributed by atoms with van der Waals surface area (Å²) >= 11 is 0. The molecule has 1 aromatic rings. The highest BCUT2D eigenvalue weighted by Crippen LogP contribution is 2.51. The van der Waals surface area contributed by atoms with Crippen LogP contribution in [0.25, 0.3) is 0 Å². The molecule has 0 saturated heterocycles. The highest BCUT2D eigenvalue weighted by molar-refractivity contribution is 5.84. The monoisotopic (exact) mass is 349 g/mol. The minimum absolute atomic E-state index is 0.0764. The molecule has 0 radical (unpaired) electrons. The summed E-state index contributed by atoms with van der Waals surface area (Å²) in [5, 5.41) is 12.3. The van der Waals surface area contributed by atoms with Crippen LogP contribution in [0.15, 0.2) is 18.2 Å². The summed E-state index contributed by atoms with van der Waals surface area (Å²) in [5.74, 6) is 0.433. The lowest BCUT2D eigenvalue weighted by Gasteiger charge is -2.26. The van der Waals surface area contributed by atoms with E-state index in [2.05, 4.69) is 5.32 Å². The molecule has 0 aromatic heterocycles. The second-order valence-corrected chi connectivity index (χ2v) is 6.57. The molecule has 1 aliphatic rings. The smallest absolute Gasteiger partial charge is 0.311 e. The van der Waals surface area contributed by atoms with Crippen molar-refractivity contribution in [2.24, 2.45) is 11.3 Å². The van der Waals surface area contributed by atoms with E-state index < -0.39 is 11.4 Å². The van der Waals surface area contributed by atoms with Crippen LogP contribution in [0.3, 0.4) is 0 Å². The third kappa shape index (κ3) is 3.89. The first-order chi connectivity index (χ1) is 11.9. The molecular weight excluding hydrogens is 322 g/mol. The molecule has 1 amide bonds. The Kier molecular flexibility index (Phi) is 5.93. The first-order valence-electron chi connectivity index (χ1n) is 8.65. The summed E-state index contributed by atoms with van der Waals surface area (Å²) in [4.78, 5) is 24.0. The zero-order valence-electron chi connectivity index (χ0n) is 15.3. The Balaban J connectivity index is 2.04. The van der Waals surface area contributed by atoms with Crippen LogP contribution in [0.2, 0.25) is 0 Å². The number of carbonyl (C=O) groups is 2. The molecule has 6 heteroatoms. The molecule has 2 N–H and O–H groups in total. The Morgan fingerprint density at radius 2 is 1.92 bits per heavy atom. The summed E-state index contributed by atoms with van der Waals surface area (Å²) in [7, 11) is 3.20. The summed E-state index contributed by atoms with van der Waals surface area (Å²) in [6, 6.07) is 5.56. The maximum absolute atomic E-state index is 12.5. The lowest BCUT2D eigenvalue weighted by molar-refractivity contribution is -0.149. The van der Waals surface area contributed by atoms with E-state index in [1.807, 2.05) is 32.0 Å². The maximum atomic E-state index is 12.5. The van der Waals surface area contributed by atoms with Crippen LogP contribution in [-0.4, -0.2) is 37.7 Å². The number of carbonyl (C=O) groups excluding carboxylic acids is 1. The predicted octanol–water partition coefficient (Wildman–Crippen LogP) is 2.81. The van der Waals surface area contributed by atoms with Gasteiger partial charge in [0.25, 0.3) is 0 Å². The zero-order chi connectivity index (χ0) is 18.6. The minimum Gasteiger partial charge on any atom is -0.497 e. The lowest BCUT2D eigenvalue weighted by atomic mass is 9.82. The molecule has 2 rings (SSSR count). The summed E-state index contributed by atoms with van der Waals surface area (Å²) in [5.41, 5.74) is 0.0609. The van der Waals surface area contributed by atoms with Gasteiger partial charge in [-0.2, -0.15) is 0 Å². The molecule has 1 saturated carbocycles. The molecule has 1 aromatic carbocycles. The molecule has 0 bridgehead atoms. The normalized spacial score (nSPS) is 19.2. The molecule has 6 nitrogen and oxygen atoms in total. The van der Waals surface area contributed by atoms with E-state index in [4.69, 9.17) is 9.47 Å².